The molecule has 0 bridgehead atoms. The predicted molar refractivity (Wildman–Crippen MR) is 84.3 cm³/mol. The third-order valence-electron chi connectivity index (χ3n) is 3.19. The van der Waals surface area contributed by atoms with Gasteiger partial charge >= 0.3 is 0 Å². The van der Waals surface area contributed by atoms with Crippen molar-refractivity contribution in [1.82, 2.24) is 5.32 Å². The molecule has 3 N–H and O–H groups in total. The molecule has 0 aromatic heterocycles. The summed E-state index contributed by atoms with van der Waals surface area (Å²) in [6.07, 6.45) is -0.0784. The molecule has 114 valence electrons. The number of hydrogen-bond acceptors (Lipinski definition) is 3. The van der Waals surface area contributed by atoms with Crippen LogP contribution in [-0.2, 0) is 4.79 Å². The van der Waals surface area contributed by atoms with E-state index in [0.29, 0.717) is 6.54 Å². The highest BCUT2D eigenvalue weighted by molar-refractivity contribution is 5.85. The Morgan fingerprint density at radius 3 is 2.45 bits per heavy atom. The second kappa shape index (κ2) is 8.82. The third kappa shape index (κ3) is 5.80. The number of carbonyl (C=O) groups is 1. The number of nitrogens with one attached hydrogen (secondary N) is 1. The number of amides is 1. The van der Waals surface area contributed by atoms with E-state index in [1.165, 1.54) is 0 Å². The fourth-order valence-electron chi connectivity index (χ4n) is 1.59. The van der Waals surface area contributed by atoms with Gasteiger partial charge < -0.3 is 15.8 Å². The molecule has 3 unspecified atom stereocenters. The minimum absolute atomic E-state index is 0. The van der Waals surface area contributed by atoms with Crippen molar-refractivity contribution in [2.24, 2.45) is 11.7 Å². The van der Waals surface area contributed by atoms with Crippen LogP contribution in [0.3, 0.4) is 0 Å². The van der Waals surface area contributed by atoms with Gasteiger partial charge in [-0.1, -0.05) is 25.1 Å². The quantitative estimate of drug-likeness (QED) is 0.847. The Bertz CT molecular complexity index is 424. The molecule has 0 aliphatic carbocycles. The van der Waals surface area contributed by atoms with E-state index in [-0.39, 0.29) is 36.4 Å². The highest BCUT2D eigenvalue weighted by atomic mass is 35.5. The van der Waals surface area contributed by atoms with Crippen molar-refractivity contribution in [2.75, 3.05) is 6.54 Å². The van der Waals surface area contributed by atoms with E-state index < -0.39 is 0 Å². The molecular weight excluding hydrogens is 276 g/mol. The normalized spacial score (nSPS) is 14.7. The van der Waals surface area contributed by atoms with Crippen LogP contribution in [0.2, 0.25) is 0 Å². The predicted octanol–water partition coefficient (Wildman–Crippen LogP) is 2.28. The summed E-state index contributed by atoms with van der Waals surface area (Å²) in [6, 6.07) is 7.69. The van der Waals surface area contributed by atoms with E-state index in [1.807, 2.05) is 52.0 Å². The van der Waals surface area contributed by atoms with Gasteiger partial charge in [0, 0.05) is 12.0 Å². The Labute approximate surface area is 127 Å². The summed E-state index contributed by atoms with van der Waals surface area (Å²) in [5.41, 5.74) is 6.78. The van der Waals surface area contributed by atoms with Crippen molar-refractivity contribution in [2.45, 2.75) is 39.8 Å². The van der Waals surface area contributed by atoms with Crippen LogP contribution in [0.5, 0.6) is 5.75 Å². The number of para-hydroxylation sites is 1. The second-order valence-corrected chi connectivity index (χ2v) is 5.09. The molecule has 0 saturated carbocycles. The maximum absolute atomic E-state index is 11.8. The summed E-state index contributed by atoms with van der Waals surface area (Å²) in [5, 5.41) is 2.86. The van der Waals surface area contributed by atoms with E-state index in [9.17, 15) is 4.79 Å². The zero-order valence-electron chi connectivity index (χ0n) is 12.6. The number of aryl methyl sites for hydroxylation is 1. The minimum atomic E-state index is -0.189. The summed E-state index contributed by atoms with van der Waals surface area (Å²) in [5.74, 6) is 0.630. The first-order valence-electron chi connectivity index (χ1n) is 6.67. The Morgan fingerprint density at radius 2 is 1.90 bits per heavy atom. The van der Waals surface area contributed by atoms with E-state index in [2.05, 4.69) is 5.32 Å². The molecule has 0 aliphatic rings. The number of carbonyl (C=O) groups excluding carboxylic acids is 1. The summed E-state index contributed by atoms with van der Waals surface area (Å²) >= 11 is 0. The van der Waals surface area contributed by atoms with E-state index in [1.54, 1.807) is 0 Å². The van der Waals surface area contributed by atoms with E-state index in [0.717, 1.165) is 11.3 Å². The Balaban J connectivity index is 0.00000361. The van der Waals surface area contributed by atoms with Gasteiger partial charge in [0.1, 0.15) is 11.9 Å². The fraction of sp³-hybridized carbons (Fsp3) is 0.533. The molecule has 1 aromatic carbocycles. The van der Waals surface area contributed by atoms with Crippen molar-refractivity contribution in [3.05, 3.63) is 29.8 Å². The van der Waals surface area contributed by atoms with Crippen LogP contribution < -0.4 is 15.8 Å². The zero-order valence-corrected chi connectivity index (χ0v) is 13.4. The van der Waals surface area contributed by atoms with Crippen LogP contribution in [0, 0.1) is 12.8 Å². The lowest BCUT2D eigenvalue weighted by atomic mass is 10.0. The summed E-state index contributed by atoms with van der Waals surface area (Å²) in [7, 11) is 0. The first-order chi connectivity index (χ1) is 8.91. The molecule has 0 saturated heterocycles. The lowest BCUT2D eigenvalue weighted by Crippen LogP contribution is -2.42. The average molecular weight is 301 g/mol. The van der Waals surface area contributed by atoms with Gasteiger partial charge in [-0.25, -0.2) is 0 Å². The Kier molecular flexibility index (Phi) is 8.26. The monoisotopic (exact) mass is 300 g/mol. The molecular formula is C15H25ClN2O2. The topological polar surface area (TPSA) is 64.3 Å². The van der Waals surface area contributed by atoms with Crippen LogP contribution >= 0.6 is 12.4 Å². The van der Waals surface area contributed by atoms with Gasteiger partial charge in [0.25, 0.3) is 0 Å². The van der Waals surface area contributed by atoms with Crippen LogP contribution in [0.4, 0.5) is 0 Å². The van der Waals surface area contributed by atoms with Crippen LogP contribution in [0.25, 0.3) is 0 Å². The Hall–Kier alpha value is -1.26. The summed E-state index contributed by atoms with van der Waals surface area (Å²) in [6.45, 7) is 8.07. The standard InChI is InChI=1S/C15H24N2O2.ClH/c1-10-7-5-6-8-14(10)19-11(2)9-17-15(18)12(3)13(4)16;/h5-8,11-13H,9,16H2,1-4H3,(H,17,18);1H. The van der Waals surface area contributed by atoms with Crippen LogP contribution in [0.1, 0.15) is 26.3 Å². The van der Waals surface area contributed by atoms with Crippen molar-refractivity contribution in [3.63, 3.8) is 0 Å². The fourth-order valence-corrected chi connectivity index (χ4v) is 1.59. The lowest BCUT2D eigenvalue weighted by molar-refractivity contribution is -0.125. The maximum Gasteiger partial charge on any atom is 0.224 e. The molecule has 0 radical (unpaired) electrons. The second-order valence-electron chi connectivity index (χ2n) is 5.09. The average Bonchev–Trinajstić information content (AvgIpc) is 2.37. The molecule has 1 aromatic rings. The lowest BCUT2D eigenvalue weighted by Gasteiger charge is -2.19. The first kappa shape index (κ1) is 18.7. The zero-order chi connectivity index (χ0) is 14.4. The smallest absolute Gasteiger partial charge is 0.224 e. The molecule has 20 heavy (non-hydrogen) atoms. The highest BCUT2D eigenvalue weighted by Crippen LogP contribution is 2.17. The minimum Gasteiger partial charge on any atom is -0.489 e. The molecule has 0 spiro atoms. The molecule has 5 heteroatoms. The molecule has 1 amide bonds. The number of hydrogen-bond donors (Lipinski definition) is 2. The number of halogens is 1. The van der Waals surface area contributed by atoms with Gasteiger partial charge in [0.2, 0.25) is 5.91 Å². The molecule has 0 aliphatic heterocycles. The number of rotatable bonds is 6. The summed E-state index contributed by atoms with van der Waals surface area (Å²) in [4.78, 5) is 11.8. The van der Waals surface area contributed by atoms with Crippen molar-refractivity contribution in [3.8, 4) is 5.75 Å². The van der Waals surface area contributed by atoms with E-state index >= 15 is 0 Å². The maximum atomic E-state index is 11.8. The number of ether oxygens (including phenoxy) is 1. The van der Waals surface area contributed by atoms with Crippen molar-refractivity contribution >= 4 is 18.3 Å². The molecule has 0 heterocycles. The van der Waals surface area contributed by atoms with Gasteiger partial charge in [0.05, 0.1) is 6.54 Å². The molecule has 0 fully saturated rings. The molecule has 3 atom stereocenters. The third-order valence-corrected chi connectivity index (χ3v) is 3.19. The van der Waals surface area contributed by atoms with Gasteiger partial charge in [0.15, 0.2) is 0 Å². The molecule has 4 nitrogen and oxygen atoms in total. The van der Waals surface area contributed by atoms with Gasteiger partial charge in [-0.05, 0) is 32.4 Å². The van der Waals surface area contributed by atoms with Crippen LogP contribution in [0.15, 0.2) is 24.3 Å². The van der Waals surface area contributed by atoms with E-state index in [4.69, 9.17) is 10.5 Å². The molecule has 1 rings (SSSR count). The van der Waals surface area contributed by atoms with Gasteiger partial charge in [-0.15, -0.1) is 12.4 Å². The Morgan fingerprint density at radius 1 is 1.30 bits per heavy atom. The first-order valence-corrected chi connectivity index (χ1v) is 6.67. The van der Waals surface area contributed by atoms with Gasteiger partial charge in [-0.2, -0.15) is 0 Å². The van der Waals surface area contributed by atoms with Gasteiger partial charge in [-0.3, -0.25) is 4.79 Å². The van der Waals surface area contributed by atoms with Crippen molar-refractivity contribution in [1.29, 1.82) is 0 Å². The highest BCUT2D eigenvalue weighted by Gasteiger charge is 2.17. The summed E-state index contributed by atoms with van der Waals surface area (Å²) < 4.78 is 5.79. The van der Waals surface area contributed by atoms with Crippen LogP contribution in [-0.4, -0.2) is 24.6 Å². The largest absolute Gasteiger partial charge is 0.489 e. The number of benzene rings is 1. The SMILES string of the molecule is Cc1ccccc1OC(C)CNC(=O)C(C)C(C)N.Cl. The number of nitrogens with two attached hydrogens (primary N) is 1. The van der Waals surface area contributed by atoms with Crippen molar-refractivity contribution < 1.29 is 9.53 Å².